The fraction of sp³-hybridized carbons (Fsp3) is 0.360. The molecule has 3 fully saturated rings. The van der Waals surface area contributed by atoms with Crippen molar-refractivity contribution in [1.82, 2.24) is 30.4 Å². The number of ether oxygens (including phenoxy) is 4. The molecule has 4 aliphatic rings. The number of H-pyrrole nitrogens is 1. The van der Waals surface area contributed by atoms with Gasteiger partial charge in [0.2, 0.25) is 11.8 Å². The number of hydrogen-bond acceptors (Lipinski definition) is 10. The van der Waals surface area contributed by atoms with E-state index in [1.165, 1.54) is 14.2 Å². The van der Waals surface area contributed by atoms with Gasteiger partial charge in [0.25, 0.3) is 0 Å². The van der Waals surface area contributed by atoms with Crippen LogP contribution in [-0.2, 0) is 28.5 Å². The zero-order chi connectivity index (χ0) is 45.2. The van der Waals surface area contributed by atoms with Gasteiger partial charge in [0.1, 0.15) is 17.9 Å². The molecule has 0 aliphatic carbocycles. The van der Waals surface area contributed by atoms with Crippen molar-refractivity contribution >= 4 is 46.1 Å². The number of carbonyl (C=O) groups excluding carboxylic acids is 4. The van der Waals surface area contributed by atoms with Gasteiger partial charge in [-0.1, -0.05) is 92.7 Å². The zero-order valence-corrected chi connectivity index (χ0v) is 36.9. The molecular formula is C50H53N7O8. The predicted octanol–water partition coefficient (Wildman–Crippen LogP) is 7.57. The number of hydrogen-bond donors (Lipinski definition) is 3. The molecule has 1 aromatic heterocycles. The first kappa shape index (κ1) is 43.4. The molecule has 15 nitrogen and oxygen atoms in total. The third-order valence-corrected chi connectivity index (χ3v) is 12.9. The van der Waals surface area contributed by atoms with Crippen molar-refractivity contribution in [3.8, 4) is 22.4 Å². The van der Waals surface area contributed by atoms with Crippen LogP contribution in [0.3, 0.4) is 0 Å². The fourth-order valence-electron chi connectivity index (χ4n) is 9.50. The molecule has 1 spiro atoms. The van der Waals surface area contributed by atoms with E-state index in [2.05, 4.69) is 76.3 Å². The molecule has 4 amide bonds. The molecule has 0 saturated carbocycles. The van der Waals surface area contributed by atoms with Gasteiger partial charge in [-0.05, 0) is 69.5 Å². The van der Waals surface area contributed by atoms with Gasteiger partial charge in [0, 0.05) is 36.9 Å². The van der Waals surface area contributed by atoms with Gasteiger partial charge in [0.05, 0.1) is 58.0 Å². The Bertz CT molecular complexity index is 2650. The van der Waals surface area contributed by atoms with Crippen LogP contribution < -0.4 is 10.6 Å². The van der Waals surface area contributed by atoms with E-state index in [4.69, 9.17) is 28.9 Å². The van der Waals surface area contributed by atoms with Crippen LogP contribution in [0.2, 0.25) is 0 Å². The zero-order valence-electron chi connectivity index (χ0n) is 36.9. The van der Waals surface area contributed by atoms with Gasteiger partial charge in [-0.3, -0.25) is 14.6 Å². The third-order valence-electron chi connectivity index (χ3n) is 12.9. The second-order valence-corrected chi connectivity index (χ2v) is 17.3. The van der Waals surface area contributed by atoms with Crippen LogP contribution in [0.4, 0.5) is 9.59 Å². The maximum absolute atomic E-state index is 14.0. The van der Waals surface area contributed by atoms with E-state index in [9.17, 15) is 19.2 Å². The fourth-order valence-corrected chi connectivity index (χ4v) is 9.50. The number of alkyl carbamates (subject to hydrolysis) is 2. The van der Waals surface area contributed by atoms with Crippen LogP contribution in [0.5, 0.6) is 0 Å². The number of carbonyl (C=O) groups is 4. The SMILES string of the molecule is COC(=O)NC(C(=O)N1CC2(C[C@H]1c1ncc(-c3ccc4cc(-c5ccc(C6=CN=C(C7CCCN7C(=O)[C@H](NC(=O)OC)c7ccccc7)C6)cc5)ccc4c3)[nH]1)OCCO2)C(C)C. The molecule has 9 rings (SSSR count). The van der Waals surface area contributed by atoms with E-state index in [1.54, 1.807) is 11.1 Å². The Labute approximate surface area is 377 Å². The minimum atomic E-state index is -0.936. The number of aromatic nitrogens is 2. The lowest BCUT2D eigenvalue weighted by Gasteiger charge is -2.30. The highest BCUT2D eigenvalue weighted by atomic mass is 16.7. The maximum Gasteiger partial charge on any atom is 0.407 e. The Hall–Kier alpha value is -6.84. The highest BCUT2D eigenvalue weighted by molar-refractivity contribution is 6.04. The maximum atomic E-state index is 14.0. The van der Waals surface area contributed by atoms with Gasteiger partial charge in [0.15, 0.2) is 5.79 Å². The molecule has 5 aromatic rings. The van der Waals surface area contributed by atoms with Crippen molar-refractivity contribution in [2.75, 3.05) is 40.5 Å². The number of nitrogens with zero attached hydrogens (tertiary/aromatic N) is 4. The van der Waals surface area contributed by atoms with Crippen molar-refractivity contribution in [3.63, 3.8) is 0 Å². The summed E-state index contributed by atoms with van der Waals surface area (Å²) >= 11 is 0. The van der Waals surface area contributed by atoms with E-state index >= 15 is 0 Å². The van der Waals surface area contributed by atoms with Gasteiger partial charge < -0.3 is 44.4 Å². The van der Waals surface area contributed by atoms with Gasteiger partial charge in [-0.25, -0.2) is 14.6 Å². The van der Waals surface area contributed by atoms with Gasteiger partial charge in [-0.15, -0.1) is 0 Å². The number of benzene rings is 4. The first-order valence-corrected chi connectivity index (χ1v) is 22.1. The molecule has 4 aliphatic heterocycles. The predicted molar refractivity (Wildman–Crippen MR) is 244 cm³/mol. The second-order valence-electron chi connectivity index (χ2n) is 17.3. The van der Waals surface area contributed by atoms with E-state index in [1.807, 2.05) is 55.3 Å². The summed E-state index contributed by atoms with van der Waals surface area (Å²) in [6.07, 6.45) is 5.07. The van der Waals surface area contributed by atoms with Crippen LogP contribution in [0.1, 0.15) is 68.6 Å². The van der Waals surface area contributed by atoms with Gasteiger partial charge in [-0.2, -0.15) is 0 Å². The molecule has 3 N–H and O–H groups in total. The normalized spacial score (nSPS) is 19.9. The molecular weight excluding hydrogens is 827 g/mol. The van der Waals surface area contributed by atoms with Crippen LogP contribution in [0, 0.1) is 5.92 Å². The summed E-state index contributed by atoms with van der Waals surface area (Å²) < 4.78 is 21.8. The minimum absolute atomic E-state index is 0.155. The topological polar surface area (TPSA) is 177 Å². The smallest absolute Gasteiger partial charge is 0.407 e. The lowest BCUT2D eigenvalue weighted by molar-refractivity contribution is -0.153. The van der Waals surface area contributed by atoms with Crippen molar-refractivity contribution in [1.29, 1.82) is 0 Å². The van der Waals surface area contributed by atoms with Gasteiger partial charge >= 0.3 is 12.2 Å². The molecule has 2 unspecified atom stereocenters. The Morgan fingerprint density at radius 2 is 1.45 bits per heavy atom. The number of allylic oxidation sites excluding steroid dienone is 1. The molecule has 4 aromatic carbocycles. The van der Waals surface area contributed by atoms with Crippen LogP contribution in [0.25, 0.3) is 38.7 Å². The van der Waals surface area contributed by atoms with Crippen molar-refractivity contribution in [2.24, 2.45) is 10.9 Å². The Balaban J connectivity index is 0.866. The number of methoxy groups -OCH3 is 2. The quantitative estimate of drug-likeness (QED) is 0.121. The van der Waals surface area contributed by atoms with Crippen LogP contribution in [-0.4, -0.2) is 108 Å². The molecule has 15 heteroatoms. The summed E-state index contributed by atoms with van der Waals surface area (Å²) in [5, 5.41) is 7.59. The summed E-state index contributed by atoms with van der Waals surface area (Å²) in [4.78, 5) is 69.1. The standard InChI is InChI=1S/C50H53N7O8/c1-30(2)43(54-48(60)62-3)46(58)57-29-50(64-21-22-65-50)26-42(57)45-52-28-40(53-45)37-19-18-35-23-34(16-17-36(35)24-37)31-12-14-32(15-13-31)38-25-39(51-27-38)41-11-8-20-56(41)47(59)44(55-49(61)63-4)33-9-6-5-7-10-33/h5-7,9-10,12-19,23-24,27-28,30,41-44H,8,11,20-22,25-26,29H2,1-4H3,(H,52,53)(H,54,60)(H,55,61)/t41?,42-,43?,44+/m0/s1. The number of amides is 4. The minimum Gasteiger partial charge on any atom is -0.453 e. The Morgan fingerprint density at radius 3 is 2.15 bits per heavy atom. The highest BCUT2D eigenvalue weighted by Crippen LogP contribution is 2.43. The van der Waals surface area contributed by atoms with E-state index < -0.39 is 36.1 Å². The third kappa shape index (κ3) is 8.85. The van der Waals surface area contributed by atoms with Crippen molar-refractivity contribution in [2.45, 2.75) is 69.5 Å². The van der Waals surface area contributed by atoms with E-state index in [0.717, 1.165) is 62.8 Å². The van der Waals surface area contributed by atoms with E-state index in [-0.39, 0.29) is 30.3 Å². The first-order chi connectivity index (χ1) is 31.5. The average molecular weight is 880 g/mol. The van der Waals surface area contributed by atoms with Crippen molar-refractivity contribution < 1.29 is 38.1 Å². The van der Waals surface area contributed by atoms with Crippen LogP contribution in [0.15, 0.2) is 108 Å². The number of aromatic amines is 1. The molecule has 3 saturated heterocycles. The Kier molecular flexibility index (Phi) is 12.2. The summed E-state index contributed by atoms with van der Waals surface area (Å²) in [7, 11) is 2.56. The summed E-state index contributed by atoms with van der Waals surface area (Å²) in [6, 6.07) is 28.2. The summed E-state index contributed by atoms with van der Waals surface area (Å²) in [5.74, 6) is -0.955. The highest BCUT2D eigenvalue weighted by Gasteiger charge is 2.53. The number of nitrogens with one attached hydrogen (secondary N) is 3. The number of aliphatic imine (C=N–C) groups is 1. The largest absolute Gasteiger partial charge is 0.453 e. The monoisotopic (exact) mass is 879 g/mol. The summed E-state index contributed by atoms with van der Waals surface area (Å²) in [5.41, 5.74) is 7.74. The first-order valence-electron chi connectivity index (χ1n) is 22.1. The van der Waals surface area contributed by atoms with Crippen molar-refractivity contribution in [3.05, 3.63) is 120 Å². The lowest BCUT2D eigenvalue weighted by Crippen LogP contribution is -2.52. The summed E-state index contributed by atoms with van der Waals surface area (Å²) in [6.45, 7) is 5.43. The number of rotatable bonds is 11. The molecule has 65 heavy (non-hydrogen) atoms. The molecule has 0 radical (unpaired) electrons. The second kappa shape index (κ2) is 18.3. The average Bonchev–Trinajstić information content (AvgIpc) is 4.21. The molecule has 4 atom stereocenters. The van der Waals surface area contributed by atoms with E-state index in [0.29, 0.717) is 44.0 Å². The number of fused-ring (bicyclic) bond motifs is 1. The Morgan fingerprint density at radius 1 is 0.785 bits per heavy atom. The number of likely N-dealkylation sites (tertiary alicyclic amines) is 2. The van der Waals surface area contributed by atoms with Crippen LogP contribution >= 0.6 is 0 Å². The molecule has 336 valence electrons. The lowest BCUT2D eigenvalue weighted by atomic mass is 9.95. The number of imidazole rings is 1. The molecule has 5 heterocycles. The molecule has 0 bridgehead atoms.